The molecule has 0 unspecified atom stereocenters. The van der Waals surface area contributed by atoms with Crippen molar-refractivity contribution in [1.29, 1.82) is 0 Å². The lowest BCUT2D eigenvalue weighted by molar-refractivity contribution is -0.151. The van der Waals surface area contributed by atoms with Crippen LogP contribution in [0.3, 0.4) is 0 Å². The van der Waals surface area contributed by atoms with Gasteiger partial charge in [-0.3, -0.25) is 0 Å². The molecule has 0 aromatic rings. The molecule has 4 aliphatic carbocycles. The van der Waals surface area contributed by atoms with E-state index in [2.05, 4.69) is 60.6 Å². The summed E-state index contributed by atoms with van der Waals surface area (Å²) >= 11 is 0. The Labute approximate surface area is 202 Å². The van der Waals surface area contributed by atoms with Gasteiger partial charge >= 0.3 is 0 Å². The summed E-state index contributed by atoms with van der Waals surface area (Å²) in [5, 5.41) is 34.1. The molecule has 188 valence electrons. The third-order valence-corrected chi connectivity index (χ3v) is 11.4. The Morgan fingerprint density at radius 2 is 1.79 bits per heavy atom. The van der Waals surface area contributed by atoms with E-state index < -0.39 is 5.60 Å². The highest BCUT2D eigenvalue weighted by Crippen LogP contribution is 2.69. The van der Waals surface area contributed by atoms with Gasteiger partial charge in [-0.2, -0.15) is 0 Å². The molecular formula is C30H50O3. The molecule has 4 rings (SSSR count). The largest absolute Gasteiger partial charge is 0.393 e. The second kappa shape index (κ2) is 8.49. The molecule has 3 heteroatoms. The third kappa shape index (κ3) is 3.89. The molecule has 0 amide bonds. The van der Waals surface area contributed by atoms with Gasteiger partial charge in [0.15, 0.2) is 0 Å². The van der Waals surface area contributed by atoms with Crippen LogP contribution >= 0.6 is 0 Å². The van der Waals surface area contributed by atoms with Gasteiger partial charge in [-0.25, -0.2) is 0 Å². The van der Waals surface area contributed by atoms with E-state index in [1.807, 2.05) is 0 Å². The zero-order valence-electron chi connectivity index (χ0n) is 22.3. The Hall–Kier alpha value is -0.640. The highest BCUT2D eigenvalue weighted by atomic mass is 16.3. The first-order valence-electron chi connectivity index (χ1n) is 13.7. The first-order chi connectivity index (χ1) is 15.3. The number of hydrogen-bond donors (Lipinski definition) is 3. The molecular weight excluding hydrogens is 408 g/mol. The molecule has 9 atom stereocenters. The summed E-state index contributed by atoms with van der Waals surface area (Å²) in [6.07, 6.45) is 12.5. The van der Waals surface area contributed by atoms with Crippen molar-refractivity contribution in [2.75, 3.05) is 0 Å². The van der Waals surface area contributed by atoms with Crippen LogP contribution in [-0.2, 0) is 0 Å². The predicted molar refractivity (Wildman–Crippen MR) is 136 cm³/mol. The van der Waals surface area contributed by atoms with Crippen LogP contribution in [0.25, 0.3) is 0 Å². The molecule has 0 aliphatic heterocycles. The maximum Gasteiger partial charge on any atom is 0.0719 e. The van der Waals surface area contributed by atoms with Crippen LogP contribution in [0.15, 0.2) is 23.3 Å². The van der Waals surface area contributed by atoms with Crippen molar-refractivity contribution in [2.45, 2.75) is 124 Å². The minimum atomic E-state index is -0.707. The van der Waals surface area contributed by atoms with Crippen LogP contribution in [0.1, 0.15) is 106 Å². The molecule has 0 heterocycles. The minimum Gasteiger partial charge on any atom is -0.393 e. The Kier molecular flexibility index (Phi) is 6.55. The Morgan fingerprint density at radius 3 is 2.45 bits per heavy atom. The van der Waals surface area contributed by atoms with Gasteiger partial charge in [0, 0.05) is 0 Å². The van der Waals surface area contributed by atoms with E-state index in [0.29, 0.717) is 30.6 Å². The maximum atomic E-state index is 11.9. The van der Waals surface area contributed by atoms with Crippen molar-refractivity contribution >= 4 is 0 Å². The molecule has 4 aliphatic rings. The van der Waals surface area contributed by atoms with Gasteiger partial charge in [0.05, 0.1) is 17.8 Å². The molecule has 0 radical (unpaired) electrons. The van der Waals surface area contributed by atoms with Gasteiger partial charge in [0.25, 0.3) is 0 Å². The summed E-state index contributed by atoms with van der Waals surface area (Å²) in [6, 6.07) is 0. The molecule has 0 spiro atoms. The van der Waals surface area contributed by atoms with Crippen molar-refractivity contribution in [3.8, 4) is 0 Å². The second-order valence-corrected chi connectivity index (χ2v) is 13.8. The molecule has 0 saturated heterocycles. The van der Waals surface area contributed by atoms with E-state index in [0.717, 1.165) is 44.9 Å². The molecule has 0 aromatic heterocycles. The summed E-state index contributed by atoms with van der Waals surface area (Å²) < 4.78 is 0. The number of fused-ring (bicyclic) bond motifs is 4. The number of rotatable bonds is 4. The fourth-order valence-corrected chi connectivity index (χ4v) is 9.32. The quantitative estimate of drug-likeness (QED) is 0.426. The van der Waals surface area contributed by atoms with Crippen LogP contribution in [0.4, 0.5) is 0 Å². The Morgan fingerprint density at radius 1 is 1.09 bits per heavy atom. The van der Waals surface area contributed by atoms with Gasteiger partial charge in [-0.1, -0.05) is 57.9 Å². The fourth-order valence-electron chi connectivity index (χ4n) is 9.32. The smallest absolute Gasteiger partial charge is 0.0719 e. The van der Waals surface area contributed by atoms with Crippen LogP contribution in [-0.4, -0.2) is 33.1 Å². The van der Waals surface area contributed by atoms with Crippen molar-refractivity contribution < 1.29 is 15.3 Å². The summed E-state index contributed by atoms with van der Waals surface area (Å²) in [5.41, 5.74) is 1.99. The zero-order valence-corrected chi connectivity index (χ0v) is 22.3. The van der Waals surface area contributed by atoms with Crippen LogP contribution in [0.2, 0.25) is 0 Å². The average molecular weight is 459 g/mol. The normalized spacial score (nSPS) is 47.5. The van der Waals surface area contributed by atoms with E-state index in [9.17, 15) is 15.3 Å². The van der Waals surface area contributed by atoms with Gasteiger partial charge in [-0.05, 0) is 112 Å². The molecule has 33 heavy (non-hydrogen) atoms. The molecule has 3 fully saturated rings. The van der Waals surface area contributed by atoms with Gasteiger partial charge < -0.3 is 15.3 Å². The summed E-state index contributed by atoms with van der Waals surface area (Å²) in [6.45, 7) is 15.9. The van der Waals surface area contributed by atoms with Crippen molar-refractivity contribution in [3.63, 3.8) is 0 Å². The topological polar surface area (TPSA) is 60.7 Å². The second-order valence-electron chi connectivity index (χ2n) is 13.8. The molecule has 0 aromatic carbocycles. The summed E-state index contributed by atoms with van der Waals surface area (Å²) in [4.78, 5) is 0. The third-order valence-electron chi connectivity index (χ3n) is 11.4. The average Bonchev–Trinajstić information content (AvgIpc) is 2.81. The number of aliphatic hydroxyl groups excluding tert-OH is 2. The highest BCUT2D eigenvalue weighted by molar-refractivity contribution is 5.28. The summed E-state index contributed by atoms with van der Waals surface area (Å²) in [7, 11) is 0. The van der Waals surface area contributed by atoms with Crippen molar-refractivity contribution in [2.24, 2.45) is 39.9 Å². The van der Waals surface area contributed by atoms with Crippen LogP contribution in [0.5, 0.6) is 0 Å². The van der Waals surface area contributed by atoms with Crippen molar-refractivity contribution in [1.82, 2.24) is 0 Å². The highest BCUT2D eigenvalue weighted by Gasteiger charge is 2.65. The minimum absolute atomic E-state index is 0.0541. The molecule has 3 nitrogen and oxygen atoms in total. The summed E-state index contributed by atoms with van der Waals surface area (Å²) in [5.74, 6) is 1.35. The zero-order chi connectivity index (χ0) is 24.4. The molecule has 3 N–H and O–H groups in total. The lowest BCUT2D eigenvalue weighted by Crippen LogP contribution is -2.54. The van der Waals surface area contributed by atoms with E-state index in [4.69, 9.17) is 0 Å². The number of hydrogen-bond acceptors (Lipinski definition) is 3. The van der Waals surface area contributed by atoms with E-state index in [1.165, 1.54) is 11.1 Å². The van der Waals surface area contributed by atoms with Gasteiger partial charge in [-0.15, -0.1) is 0 Å². The number of allylic oxidation sites excluding steroid dienone is 3. The lowest BCUT2D eigenvalue weighted by atomic mass is 9.51. The first-order valence-corrected chi connectivity index (χ1v) is 13.7. The number of aliphatic hydroxyl groups is 3. The fraction of sp³-hybridized carbons (Fsp3) is 0.867. The predicted octanol–water partition coefficient (Wildman–Crippen LogP) is 6.42. The van der Waals surface area contributed by atoms with Gasteiger partial charge in [0.1, 0.15) is 0 Å². The lowest BCUT2D eigenvalue weighted by Gasteiger charge is -2.54. The van der Waals surface area contributed by atoms with Crippen LogP contribution < -0.4 is 0 Å². The standard InChI is InChI=1S/C30H50O3/c1-19(2)9-8-10-20(3)26-23(31)18-29(7)22-11-12-24-27(4,5)25(32)14-16-30(24,33)17-21(22)13-15-28(26,29)6/h9,13,20,22-26,31-33H,8,10-12,14-18H2,1-7H3/t20-,22-,23-,24+,25+,26+,28-,29+,30+/m1/s1. The van der Waals surface area contributed by atoms with E-state index >= 15 is 0 Å². The SMILES string of the molecule is CC(C)=CCC[C@@H](C)[C@H]1[C@H](O)C[C@@]2(C)[C@@H]3CC[C@H]4C(C)(C)[C@@H](O)CC[C@]4(O)CC3=CC[C@]12C. The van der Waals surface area contributed by atoms with Crippen molar-refractivity contribution in [3.05, 3.63) is 23.3 Å². The van der Waals surface area contributed by atoms with Gasteiger partial charge in [0.2, 0.25) is 0 Å². The molecule has 3 saturated carbocycles. The first kappa shape index (κ1) is 25.5. The molecule has 0 bridgehead atoms. The Bertz CT molecular complexity index is 807. The maximum absolute atomic E-state index is 11.9. The van der Waals surface area contributed by atoms with E-state index in [-0.39, 0.29) is 34.4 Å². The Balaban J connectivity index is 1.64. The van der Waals surface area contributed by atoms with E-state index in [1.54, 1.807) is 0 Å². The van der Waals surface area contributed by atoms with Crippen LogP contribution in [0, 0.1) is 39.9 Å². The monoisotopic (exact) mass is 458 g/mol.